The van der Waals surface area contributed by atoms with Crippen molar-refractivity contribution in [1.29, 1.82) is 5.26 Å². The number of nitrogens with one attached hydrogen (secondary N) is 1. The van der Waals surface area contributed by atoms with E-state index in [2.05, 4.69) is 10.3 Å². The average molecular weight is 213 g/mol. The van der Waals surface area contributed by atoms with Crippen molar-refractivity contribution in [2.45, 2.75) is 13.0 Å². The van der Waals surface area contributed by atoms with Crippen LogP contribution in [0.3, 0.4) is 0 Å². The summed E-state index contributed by atoms with van der Waals surface area (Å²) in [6.45, 7) is 0.281. The number of hydrogen-bond acceptors (Lipinski definition) is 3. The molecule has 0 bridgehead atoms. The van der Waals surface area contributed by atoms with Gasteiger partial charge in [0, 0.05) is 7.05 Å². The molecule has 0 radical (unpaired) electrons. The normalized spacial score (nSPS) is 9.50. The minimum Gasteiger partial charge on any atom is -0.348 e. The van der Waals surface area contributed by atoms with Crippen molar-refractivity contribution in [3.05, 3.63) is 17.2 Å². The third-order valence-corrected chi connectivity index (χ3v) is 2.06. The quantitative estimate of drug-likeness (QED) is 0.798. The zero-order valence-electron chi connectivity index (χ0n) is 7.62. The summed E-state index contributed by atoms with van der Waals surface area (Å²) in [6.07, 6.45) is 1.37. The predicted molar refractivity (Wildman–Crippen MR) is 50.3 cm³/mol. The van der Waals surface area contributed by atoms with Gasteiger partial charge in [-0.15, -0.1) is 0 Å². The van der Waals surface area contributed by atoms with Gasteiger partial charge in [0.15, 0.2) is 0 Å². The molecule has 1 amide bonds. The van der Waals surface area contributed by atoms with Crippen molar-refractivity contribution in [2.75, 3.05) is 0 Å². The van der Waals surface area contributed by atoms with Crippen molar-refractivity contribution in [1.82, 2.24) is 14.9 Å². The van der Waals surface area contributed by atoms with Crippen LogP contribution in [0.2, 0.25) is 5.15 Å². The van der Waals surface area contributed by atoms with Crippen LogP contribution >= 0.6 is 11.6 Å². The Morgan fingerprint density at radius 3 is 3.07 bits per heavy atom. The number of nitriles is 1. The van der Waals surface area contributed by atoms with Crippen LogP contribution in [-0.2, 0) is 18.4 Å². The molecule has 0 aliphatic carbocycles. The fourth-order valence-corrected chi connectivity index (χ4v) is 1.05. The lowest BCUT2D eigenvalue weighted by atomic mass is 10.4. The molecule has 0 aliphatic heterocycles. The molecule has 1 aromatic heterocycles. The number of carbonyl (C=O) groups excluding carboxylic acids is 1. The Balaban J connectivity index is 2.51. The lowest BCUT2D eigenvalue weighted by Crippen LogP contribution is -2.23. The van der Waals surface area contributed by atoms with E-state index in [1.54, 1.807) is 17.7 Å². The summed E-state index contributed by atoms with van der Waals surface area (Å²) in [5.74, 6) is 0.341. The molecule has 0 fully saturated rings. The van der Waals surface area contributed by atoms with E-state index in [9.17, 15) is 4.79 Å². The highest BCUT2D eigenvalue weighted by Gasteiger charge is 2.05. The molecule has 14 heavy (non-hydrogen) atoms. The third-order valence-electron chi connectivity index (χ3n) is 1.71. The van der Waals surface area contributed by atoms with Gasteiger partial charge in [-0.3, -0.25) is 4.79 Å². The van der Waals surface area contributed by atoms with Crippen molar-refractivity contribution in [3.63, 3.8) is 0 Å². The van der Waals surface area contributed by atoms with Crippen molar-refractivity contribution in [2.24, 2.45) is 7.05 Å². The molecule has 74 valence electrons. The summed E-state index contributed by atoms with van der Waals surface area (Å²) in [7, 11) is 1.75. The Morgan fingerprint density at radius 1 is 1.86 bits per heavy atom. The highest BCUT2D eigenvalue weighted by atomic mass is 35.5. The fourth-order valence-electron chi connectivity index (χ4n) is 0.900. The van der Waals surface area contributed by atoms with Gasteiger partial charge in [-0.1, -0.05) is 11.6 Å². The van der Waals surface area contributed by atoms with Gasteiger partial charge in [0.1, 0.15) is 17.4 Å². The van der Waals surface area contributed by atoms with Crippen LogP contribution in [-0.4, -0.2) is 15.5 Å². The van der Waals surface area contributed by atoms with Gasteiger partial charge in [-0.2, -0.15) is 5.26 Å². The number of hydrogen-bond donors (Lipinski definition) is 1. The Morgan fingerprint density at radius 2 is 2.57 bits per heavy atom. The summed E-state index contributed by atoms with van der Waals surface area (Å²) >= 11 is 5.74. The topological polar surface area (TPSA) is 70.7 Å². The molecule has 0 aromatic carbocycles. The Labute approximate surface area is 86.3 Å². The van der Waals surface area contributed by atoms with Crippen LogP contribution in [0.15, 0.2) is 6.20 Å². The van der Waals surface area contributed by atoms with Gasteiger partial charge in [-0.05, 0) is 0 Å². The fraction of sp³-hybridized carbons (Fsp3) is 0.375. The minimum atomic E-state index is -0.313. The molecule has 0 unspecified atom stereocenters. The number of nitrogens with zero attached hydrogens (tertiary/aromatic N) is 3. The smallest absolute Gasteiger partial charge is 0.234 e. The number of aromatic nitrogens is 2. The molecular weight excluding hydrogens is 204 g/mol. The Hall–Kier alpha value is -1.54. The van der Waals surface area contributed by atoms with E-state index in [1.165, 1.54) is 6.20 Å². The summed E-state index contributed by atoms with van der Waals surface area (Å²) in [5, 5.41) is 11.3. The van der Waals surface area contributed by atoms with Crippen LogP contribution in [0.25, 0.3) is 0 Å². The predicted octanol–water partition coefficient (Wildman–Crippen LogP) is 0.603. The minimum absolute atomic E-state index is 0.141. The zero-order chi connectivity index (χ0) is 10.6. The van der Waals surface area contributed by atoms with Gasteiger partial charge < -0.3 is 9.88 Å². The molecule has 6 heteroatoms. The molecule has 0 spiro atoms. The molecule has 1 heterocycles. The van der Waals surface area contributed by atoms with E-state index in [1.807, 2.05) is 0 Å². The van der Waals surface area contributed by atoms with Crippen LogP contribution in [0, 0.1) is 11.3 Å². The maximum absolute atomic E-state index is 10.9. The molecule has 5 nitrogen and oxygen atoms in total. The number of carbonyl (C=O) groups is 1. The monoisotopic (exact) mass is 212 g/mol. The number of amides is 1. The number of halogens is 1. The first-order valence-corrected chi connectivity index (χ1v) is 4.32. The van der Waals surface area contributed by atoms with Gasteiger partial charge in [0.2, 0.25) is 5.91 Å². The average Bonchev–Trinajstić information content (AvgIpc) is 2.46. The summed E-state index contributed by atoms with van der Waals surface area (Å²) in [4.78, 5) is 14.9. The maximum Gasteiger partial charge on any atom is 0.234 e. The Bertz CT molecular complexity index is 379. The molecule has 0 saturated carbocycles. The first-order chi connectivity index (χ1) is 6.65. The molecule has 1 rings (SSSR count). The van der Waals surface area contributed by atoms with Gasteiger partial charge in [-0.25, -0.2) is 4.98 Å². The van der Waals surface area contributed by atoms with Crippen molar-refractivity contribution < 1.29 is 4.79 Å². The van der Waals surface area contributed by atoms with E-state index in [4.69, 9.17) is 16.9 Å². The SMILES string of the molecule is Cn1c(Cl)cnc1CNC(=O)CC#N. The first-order valence-electron chi connectivity index (χ1n) is 3.95. The molecule has 0 atom stereocenters. The lowest BCUT2D eigenvalue weighted by molar-refractivity contribution is -0.120. The van der Waals surface area contributed by atoms with Crippen LogP contribution in [0.4, 0.5) is 0 Å². The second kappa shape index (κ2) is 4.63. The van der Waals surface area contributed by atoms with Gasteiger partial charge >= 0.3 is 0 Å². The van der Waals surface area contributed by atoms with Crippen LogP contribution in [0.5, 0.6) is 0 Å². The van der Waals surface area contributed by atoms with E-state index in [-0.39, 0.29) is 18.9 Å². The lowest BCUT2D eigenvalue weighted by Gasteiger charge is -2.03. The summed E-state index contributed by atoms with van der Waals surface area (Å²) in [5.41, 5.74) is 0. The third kappa shape index (κ3) is 2.47. The summed E-state index contributed by atoms with van der Waals surface area (Å²) < 4.78 is 1.66. The molecule has 0 aliphatic rings. The second-order valence-electron chi connectivity index (χ2n) is 2.67. The molecule has 1 aromatic rings. The van der Waals surface area contributed by atoms with E-state index >= 15 is 0 Å². The van der Waals surface area contributed by atoms with Crippen LogP contribution < -0.4 is 5.32 Å². The van der Waals surface area contributed by atoms with Crippen LogP contribution in [0.1, 0.15) is 12.2 Å². The number of rotatable bonds is 3. The highest BCUT2D eigenvalue weighted by molar-refractivity contribution is 6.29. The summed E-state index contributed by atoms with van der Waals surface area (Å²) in [6, 6.07) is 1.76. The van der Waals surface area contributed by atoms with E-state index < -0.39 is 0 Å². The van der Waals surface area contributed by atoms with E-state index in [0.717, 1.165) is 0 Å². The molecule has 1 N–H and O–H groups in total. The second-order valence-corrected chi connectivity index (χ2v) is 3.06. The number of imidazole rings is 1. The largest absolute Gasteiger partial charge is 0.348 e. The molecular formula is C8H9ClN4O. The van der Waals surface area contributed by atoms with Crippen molar-refractivity contribution >= 4 is 17.5 Å². The molecule has 0 saturated heterocycles. The van der Waals surface area contributed by atoms with Crippen molar-refractivity contribution in [3.8, 4) is 6.07 Å². The maximum atomic E-state index is 10.9. The van der Waals surface area contributed by atoms with E-state index in [0.29, 0.717) is 11.0 Å². The first kappa shape index (κ1) is 10.5. The standard InChI is InChI=1S/C8H9ClN4O/c1-13-6(9)4-11-7(13)5-12-8(14)2-3-10/h4H,2,5H2,1H3,(H,12,14). The highest BCUT2D eigenvalue weighted by Crippen LogP contribution is 2.08. The van der Waals surface area contributed by atoms with Gasteiger partial charge in [0.05, 0.1) is 18.8 Å². The van der Waals surface area contributed by atoms with Gasteiger partial charge in [0.25, 0.3) is 0 Å². The zero-order valence-corrected chi connectivity index (χ0v) is 8.38. The Kier molecular flexibility index (Phi) is 3.48.